The number of hydrogen-bond donors (Lipinski definition) is 0. The monoisotopic (exact) mass is 328 g/mol. The lowest BCUT2D eigenvalue weighted by Gasteiger charge is -2.06. The van der Waals surface area contributed by atoms with Gasteiger partial charge in [-0.25, -0.2) is 4.98 Å². The van der Waals surface area contributed by atoms with Gasteiger partial charge in [0.05, 0.1) is 29.4 Å². The molecular weight excluding hydrogens is 312 g/mol. The predicted octanol–water partition coefficient (Wildman–Crippen LogP) is 4.15. The van der Waals surface area contributed by atoms with Crippen LogP contribution in [0.3, 0.4) is 0 Å². The zero-order chi connectivity index (χ0) is 16.2. The summed E-state index contributed by atoms with van der Waals surface area (Å²) in [6, 6.07) is 13.6. The Morgan fingerprint density at radius 2 is 2.00 bits per heavy atom. The van der Waals surface area contributed by atoms with E-state index in [1.165, 1.54) is 0 Å². The van der Waals surface area contributed by atoms with Crippen LogP contribution in [0.4, 0.5) is 0 Å². The maximum atomic E-state index is 11.7. The van der Waals surface area contributed by atoms with Gasteiger partial charge in [-0.05, 0) is 19.1 Å². The van der Waals surface area contributed by atoms with Crippen molar-refractivity contribution < 1.29 is 9.53 Å². The van der Waals surface area contributed by atoms with E-state index in [-0.39, 0.29) is 5.97 Å². The number of esters is 1. The number of aryl methyl sites for hydroxylation is 1. The topological polar surface area (TPSA) is 43.6 Å². The molecule has 0 spiro atoms. The van der Waals surface area contributed by atoms with Gasteiger partial charge in [0.2, 0.25) is 0 Å². The van der Waals surface area contributed by atoms with Gasteiger partial charge in [-0.2, -0.15) is 0 Å². The average molecular weight is 329 g/mol. The quantitative estimate of drug-likeness (QED) is 0.661. The molecule has 4 nitrogen and oxygen atoms in total. The second-order valence-corrected chi connectivity index (χ2v) is 5.59. The minimum atomic E-state index is -0.205. The molecule has 0 radical (unpaired) electrons. The Morgan fingerprint density at radius 3 is 2.74 bits per heavy atom. The van der Waals surface area contributed by atoms with Gasteiger partial charge in [0.1, 0.15) is 5.65 Å². The van der Waals surface area contributed by atoms with E-state index in [1.807, 2.05) is 53.1 Å². The van der Waals surface area contributed by atoms with Crippen LogP contribution in [0.2, 0.25) is 5.02 Å². The highest BCUT2D eigenvalue weighted by Gasteiger charge is 2.15. The summed E-state index contributed by atoms with van der Waals surface area (Å²) in [6.07, 6.45) is 2.69. The van der Waals surface area contributed by atoms with E-state index in [4.69, 9.17) is 21.3 Å². The minimum absolute atomic E-state index is 0.205. The SMILES string of the molecule is CCOC(=O)CCc1c(-c2ccccc2)nc2ccc(Cl)cn12. The Hall–Kier alpha value is -2.33. The van der Waals surface area contributed by atoms with Crippen molar-refractivity contribution in [1.82, 2.24) is 9.38 Å². The third-order valence-electron chi connectivity index (χ3n) is 3.60. The number of fused-ring (bicyclic) bond motifs is 1. The molecule has 2 aromatic heterocycles. The van der Waals surface area contributed by atoms with E-state index in [0.717, 1.165) is 22.6 Å². The van der Waals surface area contributed by atoms with Crippen molar-refractivity contribution in [3.8, 4) is 11.3 Å². The fraction of sp³-hybridized carbons (Fsp3) is 0.222. The molecule has 0 saturated heterocycles. The van der Waals surface area contributed by atoms with Gasteiger partial charge < -0.3 is 9.14 Å². The first-order valence-electron chi connectivity index (χ1n) is 7.56. The van der Waals surface area contributed by atoms with Gasteiger partial charge in [0, 0.05) is 18.2 Å². The second-order valence-electron chi connectivity index (χ2n) is 5.15. The lowest BCUT2D eigenvalue weighted by molar-refractivity contribution is -0.143. The molecule has 0 unspecified atom stereocenters. The molecular formula is C18H17ClN2O2. The van der Waals surface area contributed by atoms with Crippen molar-refractivity contribution in [1.29, 1.82) is 0 Å². The van der Waals surface area contributed by atoms with E-state index >= 15 is 0 Å². The molecule has 0 aliphatic heterocycles. The summed E-state index contributed by atoms with van der Waals surface area (Å²) in [4.78, 5) is 16.4. The summed E-state index contributed by atoms with van der Waals surface area (Å²) < 4.78 is 6.98. The first-order chi connectivity index (χ1) is 11.2. The number of halogens is 1. The molecule has 0 amide bonds. The number of aromatic nitrogens is 2. The van der Waals surface area contributed by atoms with Crippen molar-refractivity contribution in [2.24, 2.45) is 0 Å². The van der Waals surface area contributed by atoms with Crippen LogP contribution in [0.1, 0.15) is 19.0 Å². The predicted molar refractivity (Wildman–Crippen MR) is 90.6 cm³/mol. The largest absolute Gasteiger partial charge is 0.466 e. The van der Waals surface area contributed by atoms with Crippen molar-refractivity contribution >= 4 is 23.2 Å². The van der Waals surface area contributed by atoms with E-state index in [0.29, 0.717) is 24.5 Å². The van der Waals surface area contributed by atoms with Crippen molar-refractivity contribution in [2.45, 2.75) is 19.8 Å². The number of carbonyl (C=O) groups is 1. The van der Waals surface area contributed by atoms with Gasteiger partial charge in [0.15, 0.2) is 0 Å². The Balaban J connectivity index is 2.04. The van der Waals surface area contributed by atoms with Crippen LogP contribution >= 0.6 is 11.6 Å². The highest BCUT2D eigenvalue weighted by molar-refractivity contribution is 6.30. The Kier molecular flexibility index (Phi) is 4.63. The van der Waals surface area contributed by atoms with Gasteiger partial charge in [0.25, 0.3) is 0 Å². The highest BCUT2D eigenvalue weighted by Crippen LogP contribution is 2.26. The Labute approximate surface area is 139 Å². The van der Waals surface area contributed by atoms with Crippen LogP contribution in [0.5, 0.6) is 0 Å². The molecule has 3 aromatic rings. The van der Waals surface area contributed by atoms with Gasteiger partial charge in [-0.15, -0.1) is 0 Å². The second kappa shape index (κ2) is 6.84. The number of imidazole rings is 1. The molecule has 1 aromatic carbocycles. The zero-order valence-corrected chi connectivity index (χ0v) is 13.6. The molecule has 3 rings (SSSR count). The van der Waals surface area contributed by atoms with Crippen molar-refractivity contribution in [3.05, 3.63) is 59.4 Å². The van der Waals surface area contributed by atoms with Gasteiger partial charge in [-0.1, -0.05) is 41.9 Å². The fourth-order valence-electron chi connectivity index (χ4n) is 2.59. The summed E-state index contributed by atoms with van der Waals surface area (Å²) >= 11 is 6.12. The molecule has 23 heavy (non-hydrogen) atoms. The lowest BCUT2D eigenvalue weighted by atomic mass is 10.1. The molecule has 0 aliphatic rings. The normalized spacial score (nSPS) is 10.9. The molecule has 0 saturated carbocycles. The number of nitrogens with zero attached hydrogens (tertiary/aromatic N) is 2. The van der Waals surface area contributed by atoms with Crippen LogP contribution in [-0.4, -0.2) is 22.0 Å². The van der Waals surface area contributed by atoms with Gasteiger partial charge >= 0.3 is 5.97 Å². The maximum absolute atomic E-state index is 11.7. The first-order valence-corrected chi connectivity index (χ1v) is 7.94. The summed E-state index contributed by atoms with van der Waals surface area (Å²) in [6.45, 7) is 2.20. The van der Waals surface area contributed by atoms with E-state index in [1.54, 1.807) is 6.92 Å². The van der Waals surface area contributed by atoms with Crippen LogP contribution in [0, 0.1) is 0 Å². The molecule has 0 bridgehead atoms. The van der Waals surface area contributed by atoms with Crippen LogP contribution in [-0.2, 0) is 16.0 Å². The molecule has 0 aliphatic carbocycles. The number of pyridine rings is 1. The molecule has 118 valence electrons. The third kappa shape index (κ3) is 3.37. The summed E-state index contributed by atoms with van der Waals surface area (Å²) in [5, 5.41) is 0.631. The van der Waals surface area contributed by atoms with E-state index < -0.39 is 0 Å². The molecule has 5 heteroatoms. The fourth-order valence-corrected chi connectivity index (χ4v) is 2.75. The smallest absolute Gasteiger partial charge is 0.306 e. The summed E-state index contributed by atoms with van der Waals surface area (Å²) in [5.74, 6) is -0.205. The van der Waals surface area contributed by atoms with E-state index in [9.17, 15) is 4.79 Å². The van der Waals surface area contributed by atoms with E-state index in [2.05, 4.69) is 0 Å². The highest BCUT2D eigenvalue weighted by atomic mass is 35.5. The van der Waals surface area contributed by atoms with Crippen LogP contribution in [0.25, 0.3) is 16.9 Å². The molecule has 0 fully saturated rings. The molecule has 0 N–H and O–H groups in total. The van der Waals surface area contributed by atoms with Crippen molar-refractivity contribution in [3.63, 3.8) is 0 Å². The minimum Gasteiger partial charge on any atom is -0.466 e. The van der Waals surface area contributed by atoms with Gasteiger partial charge in [-0.3, -0.25) is 4.79 Å². The summed E-state index contributed by atoms with van der Waals surface area (Å²) in [7, 11) is 0. The summed E-state index contributed by atoms with van der Waals surface area (Å²) in [5.41, 5.74) is 3.66. The average Bonchev–Trinajstić information content (AvgIpc) is 2.92. The number of benzene rings is 1. The number of rotatable bonds is 5. The first kappa shape index (κ1) is 15.6. The molecule has 2 heterocycles. The zero-order valence-electron chi connectivity index (χ0n) is 12.8. The third-order valence-corrected chi connectivity index (χ3v) is 3.82. The number of hydrogen-bond acceptors (Lipinski definition) is 3. The standard InChI is InChI=1S/C18H17ClN2O2/c1-2-23-17(22)11-9-15-18(13-6-4-3-5-7-13)20-16-10-8-14(19)12-21(15)16/h3-8,10,12H,2,9,11H2,1H3. The maximum Gasteiger partial charge on any atom is 0.306 e. The van der Waals surface area contributed by atoms with Crippen LogP contribution in [0.15, 0.2) is 48.7 Å². The lowest BCUT2D eigenvalue weighted by Crippen LogP contribution is -2.06. The number of carbonyl (C=O) groups excluding carboxylic acids is 1. The Bertz CT molecular complexity index is 828. The number of ether oxygens (including phenoxy) is 1. The molecule has 0 atom stereocenters. The van der Waals surface area contributed by atoms with Crippen LogP contribution < -0.4 is 0 Å². The van der Waals surface area contributed by atoms with Crippen molar-refractivity contribution in [2.75, 3.05) is 6.61 Å². The Morgan fingerprint density at radius 1 is 1.22 bits per heavy atom.